The molecule has 1 aliphatic rings. The topological polar surface area (TPSA) is 113 Å². The number of nitrogens with zero attached hydrogens (tertiary/aromatic N) is 3. The number of benzene rings is 1. The Balaban J connectivity index is 2.60. The molecule has 1 fully saturated rings. The molecule has 1 saturated carbocycles. The van der Waals surface area contributed by atoms with Crippen LogP contribution in [0.4, 0.5) is 5.69 Å². The highest BCUT2D eigenvalue weighted by molar-refractivity contribution is 7.90. The van der Waals surface area contributed by atoms with E-state index in [0.29, 0.717) is 0 Å². The van der Waals surface area contributed by atoms with Gasteiger partial charge in [0.05, 0.1) is 10.7 Å². The van der Waals surface area contributed by atoms with Crippen molar-refractivity contribution in [2.45, 2.75) is 67.8 Å². The van der Waals surface area contributed by atoms with Crippen molar-refractivity contribution in [1.29, 1.82) is 0 Å². The molecule has 0 radical (unpaired) electrons. The molecule has 0 heterocycles. The number of hydrogen-bond donors (Lipinski definition) is 1. The lowest BCUT2D eigenvalue weighted by molar-refractivity contribution is 0.220. The molecule has 1 aliphatic carbocycles. The molecule has 164 valence electrons. The summed E-state index contributed by atoms with van der Waals surface area (Å²) >= 11 is 6.09. The van der Waals surface area contributed by atoms with Gasteiger partial charge in [-0.15, -0.1) is 4.40 Å². The molecular formula is C18H29ClN4O4S2. The monoisotopic (exact) mass is 464 g/mol. The van der Waals surface area contributed by atoms with Gasteiger partial charge < -0.3 is 10.6 Å². The molecule has 11 heteroatoms. The molecule has 29 heavy (non-hydrogen) atoms. The zero-order valence-electron chi connectivity index (χ0n) is 17.2. The van der Waals surface area contributed by atoms with Crippen molar-refractivity contribution in [3.63, 3.8) is 0 Å². The molecule has 2 rings (SSSR count). The number of rotatable bonds is 7. The van der Waals surface area contributed by atoms with Gasteiger partial charge in [0.1, 0.15) is 16.1 Å². The Morgan fingerprint density at radius 1 is 1.10 bits per heavy atom. The average Bonchev–Trinajstić information content (AvgIpc) is 2.60. The smallest absolute Gasteiger partial charge is 0.285 e. The van der Waals surface area contributed by atoms with Crippen LogP contribution in [0.3, 0.4) is 0 Å². The van der Waals surface area contributed by atoms with Crippen LogP contribution in [0.15, 0.2) is 26.3 Å². The number of nitrogen functional groups attached to an aromatic ring is 1. The fourth-order valence-electron chi connectivity index (χ4n) is 3.53. The molecule has 0 saturated heterocycles. The lowest BCUT2D eigenvalue weighted by atomic mass is 9.95. The summed E-state index contributed by atoms with van der Waals surface area (Å²) in [6.07, 6.45) is 5.64. The Kier molecular flexibility index (Phi) is 7.58. The van der Waals surface area contributed by atoms with E-state index in [0.717, 1.165) is 50.6 Å². The zero-order valence-corrected chi connectivity index (χ0v) is 19.6. The number of halogens is 1. The number of hydrogen-bond acceptors (Lipinski definition) is 5. The molecule has 0 unspecified atom stereocenters. The Bertz CT molecular complexity index is 970. The lowest BCUT2D eigenvalue weighted by Crippen LogP contribution is -2.45. The first-order valence-corrected chi connectivity index (χ1v) is 12.7. The summed E-state index contributed by atoms with van der Waals surface area (Å²) in [6, 6.07) is 1.74. The van der Waals surface area contributed by atoms with Gasteiger partial charge in [0, 0.05) is 26.2 Å². The van der Waals surface area contributed by atoms with Crippen LogP contribution < -0.4 is 5.73 Å². The molecule has 0 amide bonds. The van der Waals surface area contributed by atoms with Crippen LogP contribution >= 0.6 is 11.6 Å². The fourth-order valence-corrected chi connectivity index (χ4v) is 7.08. The van der Waals surface area contributed by atoms with E-state index in [9.17, 15) is 16.8 Å². The Morgan fingerprint density at radius 2 is 1.69 bits per heavy atom. The third-order valence-corrected chi connectivity index (χ3v) is 8.63. The van der Waals surface area contributed by atoms with Crippen LogP contribution in [0.5, 0.6) is 0 Å². The van der Waals surface area contributed by atoms with Crippen molar-refractivity contribution in [1.82, 2.24) is 9.21 Å². The first-order valence-electron chi connectivity index (χ1n) is 9.47. The van der Waals surface area contributed by atoms with Gasteiger partial charge in [0.25, 0.3) is 10.0 Å². The van der Waals surface area contributed by atoms with E-state index in [4.69, 9.17) is 17.3 Å². The van der Waals surface area contributed by atoms with E-state index < -0.39 is 24.9 Å². The quantitative estimate of drug-likeness (QED) is 0.377. The summed E-state index contributed by atoms with van der Waals surface area (Å²) in [4.78, 5) is 0.793. The fraction of sp³-hybridized carbons (Fsp3) is 0.611. The Labute approximate surface area is 178 Å². The van der Waals surface area contributed by atoms with Gasteiger partial charge in [0.2, 0.25) is 10.0 Å². The molecule has 0 atom stereocenters. The van der Waals surface area contributed by atoms with Gasteiger partial charge in [-0.05, 0) is 38.8 Å². The molecule has 2 N–H and O–H groups in total. The standard InChI is InChI=1S/C18H29ClN4O4S2/c1-13(2)23(14-8-6-5-7-9-14)29(26,27)18-11-17(15(19)10-16(18)20)28(24,25)21-12-22(3)4/h10-14H,5-9,20H2,1-4H3. The average molecular weight is 465 g/mol. The van der Waals surface area contributed by atoms with Gasteiger partial charge >= 0.3 is 0 Å². The minimum Gasteiger partial charge on any atom is -0.398 e. The van der Waals surface area contributed by atoms with Gasteiger partial charge in [-0.3, -0.25) is 0 Å². The zero-order chi connectivity index (χ0) is 22.0. The molecule has 1 aromatic rings. The van der Waals surface area contributed by atoms with Crippen LogP contribution in [0, 0.1) is 0 Å². The molecule has 0 bridgehead atoms. The van der Waals surface area contributed by atoms with Crippen LogP contribution in [-0.2, 0) is 20.0 Å². The minimum atomic E-state index is -4.20. The summed E-state index contributed by atoms with van der Waals surface area (Å²) in [7, 11) is -5.01. The maximum Gasteiger partial charge on any atom is 0.285 e. The molecule has 0 aromatic heterocycles. The lowest BCUT2D eigenvalue weighted by Gasteiger charge is -2.36. The summed E-state index contributed by atoms with van der Waals surface area (Å²) < 4.78 is 57.2. The minimum absolute atomic E-state index is 0.0907. The first-order chi connectivity index (χ1) is 13.4. The highest BCUT2D eigenvalue weighted by Gasteiger charge is 2.36. The number of nitrogens with two attached hydrogens (primary N) is 1. The SMILES string of the molecule is CC(C)N(C1CCCCC1)S(=O)(=O)c1cc(S(=O)(=O)N=CN(C)C)c(Cl)cc1N. The maximum atomic E-state index is 13.5. The third-order valence-electron chi connectivity index (χ3n) is 4.76. The molecule has 8 nitrogen and oxygen atoms in total. The molecule has 0 aliphatic heterocycles. The molecular weight excluding hydrogens is 436 g/mol. The highest BCUT2D eigenvalue weighted by Crippen LogP contribution is 2.35. The second kappa shape index (κ2) is 9.20. The predicted molar refractivity (Wildman–Crippen MR) is 116 cm³/mol. The van der Waals surface area contributed by atoms with Crippen LogP contribution in [0.2, 0.25) is 5.02 Å². The van der Waals surface area contributed by atoms with E-state index in [-0.39, 0.29) is 27.7 Å². The second-order valence-electron chi connectivity index (χ2n) is 7.70. The maximum absolute atomic E-state index is 13.5. The number of anilines is 1. The Hall–Kier alpha value is -1.36. The van der Waals surface area contributed by atoms with Crippen molar-refractivity contribution in [3.8, 4) is 0 Å². The third kappa shape index (κ3) is 5.42. The number of sulfonamides is 2. The predicted octanol–water partition coefficient (Wildman–Crippen LogP) is 2.93. The van der Waals surface area contributed by atoms with E-state index in [1.807, 2.05) is 0 Å². The van der Waals surface area contributed by atoms with Crippen molar-refractivity contribution < 1.29 is 16.8 Å². The van der Waals surface area contributed by atoms with Crippen molar-refractivity contribution in [2.24, 2.45) is 4.40 Å². The largest absolute Gasteiger partial charge is 0.398 e. The van der Waals surface area contributed by atoms with Crippen molar-refractivity contribution >= 4 is 43.7 Å². The van der Waals surface area contributed by atoms with Gasteiger partial charge in [-0.25, -0.2) is 8.42 Å². The van der Waals surface area contributed by atoms with Gasteiger partial charge in [-0.1, -0.05) is 30.9 Å². The summed E-state index contributed by atoms with van der Waals surface area (Å²) in [5, 5.41) is -0.175. The van der Waals surface area contributed by atoms with Crippen LogP contribution in [-0.4, -0.2) is 58.6 Å². The summed E-state index contributed by atoms with van der Waals surface area (Å²) in [5.74, 6) is 0. The summed E-state index contributed by atoms with van der Waals surface area (Å²) in [5.41, 5.74) is 5.89. The second-order valence-corrected chi connectivity index (χ2v) is 11.5. The normalized spacial score (nSPS) is 16.8. The highest BCUT2D eigenvalue weighted by atomic mass is 35.5. The van der Waals surface area contributed by atoms with Gasteiger partial charge in [0.15, 0.2) is 0 Å². The summed E-state index contributed by atoms with van der Waals surface area (Å²) in [6.45, 7) is 3.61. The molecule has 0 spiro atoms. The van der Waals surface area contributed by atoms with E-state index >= 15 is 0 Å². The van der Waals surface area contributed by atoms with E-state index in [1.165, 1.54) is 9.21 Å². The van der Waals surface area contributed by atoms with E-state index in [1.54, 1.807) is 27.9 Å². The van der Waals surface area contributed by atoms with Crippen LogP contribution in [0.1, 0.15) is 46.0 Å². The van der Waals surface area contributed by atoms with Gasteiger partial charge in [-0.2, -0.15) is 12.7 Å². The van der Waals surface area contributed by atoms with E-state index in [2.05, 4.69) is 4.40 Å². The van der Waals surface area contributed by atoms with Crippen molar-refractivity contribution in [3.05, 3.63) is 17.2 Å². The molecule has 1 aromatic carbocycles. The van der Waals surface area contributed by atoms with Crippen molar-refractivity contribution in [2.75, 3.05) is 19.8 Å². The van der Waals surface area contributed by atoms with Crippen LogP contribution in [0.25, 0.3) is 0 Å². The first kappa shape index (κ1) is 23.9. The Morgan fingerprint density at radius 3 is 2.21 bits per heavy atom.